The molecule has 3 aromatic carbocycles. The van der Waals surface area contributed by atoms with Crippen molar-refractivity contribution in [1.29, 1.82) is 0 Å². The molecule has 0 saturated carbocycles. The molecule has 32 heavy (non-hydrogen) atoms. The van der Waals surface area contributed by atoms with Crippen LogP contribution in [0.3, 0.4) is 0 Å². The number of hydrogen-bond donors (Lipinski definition) is 1. The Bertz CT molecular complexity index is 1100. The maximum absolute atomic E-state index is 13.3. The van der Waals surface area contributed by atoms with Crippen LogP contribution in [0.4, 0.5) is 20.6 Å². The van der Waals surface area contributed by atoms with Gasteiger partial charge in [0.1, 0.15) is 5.82 Å². The zero-order valence-corrected chi connectivity index (χ0v) is 18.1. The molecule has 0 unspecified atom stereocenters. The lowest BCUT2D eigenvalue weighted by molar-refractivity contribution is -0.115. The summed E-state index contributed by atoms with van der Waals surface area (Å²) in [6, 6.07) is 21.4. The van der Waals surface area contributed by atoms with Gasteiger partial charge in [-0.3, -0.25) is 9.69 Å². The molecule has 1 saturated heterocycles. The largest absolute Gasteiger partial charge is 0.324 e. The summed E-state index contributed by atoms with van der Waals surface area (Å²) < 4.78 is 13.1. The molecule has 3 amide bonds. The zero-order chi connectivity index (χ0) is 22.5. The van der Waals surface area contributed by atoms with E-state index in [1.165, 1.54) is 12.1 Å². The summed E-state index contributed by atoms with van der Waals surface area (Å²) in [5.41, 5.74) is 4.08. The highest BCUT2D eigenvalue weighted by atomic mass is 19.1. The second kappa shape index (κ2) is 9.64. The molecule has 0 aliphatic carbocycles. The molecule has 6 heteroatoms. The number of aryl methyl sites for hydroxylation is 1. The predicted octanol–water partition coefficient (Wildman–Crippen LogP) is 5.15. The van der Waals surface area contributed by atoms with Crippen LogP contribution in [0.5, 0.6) is 0 Å². The Morgan fingerprint density at radius 1 is 0.969 bits per heavy atom. The van der Waals surface area contributed by atoms with E-state index in [9.17, 15) is 14.0 Å². The van der Waals surface area contributed by atoms with Crippen LogP contribution < -0.4 is 10.2 Å². The third-order valence-corrected chi connectivity index (χ3v) is 5.52. The topological polar surface area (TPSA) is 52.6 Å². The molecule has 164 valence electrons. The van der Waals surface area contributed by atoms with Crippen LogP contribution in [-0.4, -0.2) is 29.9 Å². The number of rotatable bonds is 6. The van der Waals surface area contributed by atoms with Gasteiger partial charge in [0, 0.05) is 19.6 Å². The second-order valence-corrected chi connectivity index (χ2v) is 8.07. The van der Waals surface area contributed by atoms with E-state index >= 15 is 0 Å². The summed E-state index contributed by atoms with van der Waals surface area (Å²) in [7, 11) is 0. The number of hydrogen-bond acceptors (Lipinski definition) is 2. The first-order chi connectivity index (χ1) is 15.5. The molecule has 0 radical (unpaired) electrons. The Hall–Kier alpha value is -3.67. The fourth-order valence-electron chi connectivity index (χ4n) is 3.92. The standard InChI is InChI=1S/C26H26FN3O2/c1-19-8-13-24(23(16-19)28-25(31)17-20-9-11-22(27)12-10-20)30-15-5-14-29(26(30)32)18-21-6-3-2-4-7-21/h2-4,6-13,16H,5,14-15,17-18H2,1H3,(H,28,31). The molecule has 1 aliphatic heterocycles. The fraction of sp³-hybridized carbons (Fsp3) is 0.231. The number of nitrogens with one attached hydrogen (secondary N) is 1. The summed E-state index contributed by atoms with van der Waals surface area (Å²) in [6.07, 6.45) is 0.969. The molecule has 1 aliphatic rings. The van der Waals surface area contributed by atoms with Crippen LogP contribution in [0, 0.1) is 12.7 Å². The van der Waals surface area contributed by atoms with E-state index in [4.69, 9.17) is 0 Å². The summed E-state index contributed by atoms with van der Waals surface area (Å²) in [5, 5.41) is 2.95. The van der Waals surface area contributed by atoms with Crippen molar-refractivity contribution in [2.75, 3.05) is 23.3 Å². The Morgan fingerprint density at radius 3 is 2.47 bits per heavy atom. The number of anilines is 2. The Labute approximate surface area is 187 Å². The van der Waals surface area contributed by atoms with Crippen molar-refractivity contribution in [3.63, 3.8) is 0 Å². The third-order valence-electron chi connectivity index (χ3n) is 5.52. The van der Waals surface area contributed by atoms with Crippen molar-refractivity contribution < 1.29 is 14.0 Å². The van der Waals surface area contributed by atoms with Gasteiger partial charge in [-0.1, -0.05) is 48.5 Å². The van der Waals surface area contributed by atoms with E-state index in [-0.39, 0.29) is 24.2 Å². The van der Waals surface area contributed by atoms with Gasteiger partial charge in [0.15, 0.2) is 0 Å². The van der Waals surface area contributed by atoms with Crippen LogP contribution in [0.2, 0.25) is 0 Å². The molecule has 4 rings (SSSR count). The number of amides is 3. The van der Waals surface area contributed by atoms with Crippen molar-refractivity contribution in [1.82, 2.24) is 4.90 Å². The minimum Gasteiger partial charge on any atom is -0.324 e. The lowest BCUT2D eigenvalue weighted by atomic mass is 10.1. The summed E-state index contributed by atoms with van der Waals surface area (Å²) in [6.45, 7) is 3.78. The Balaban J connectivity index is 1.52. The zero-order valence-electron chi connectivity index (χ0n) is 18.1. The minimum atomic E-state index is -0.334. The average molecular weight is 432 g/mol. The molecule has 1 heterocycles. The quantitative estimate of drug-likeness (QED) is 0.587. The van der Waals surface area contributed by atoms with E-state index in [1.807, 2.05) is 60.4 Å². The number of nitrogens with zero attached hydrogens (tertiary/aromatic N) is 2. The molecular formula is C26H26FN3O2. The summed E-state index contributed by atoms with van der Waals surface area (Å²) in [5.74, 6) is -0.548. The van der Waals surface area contributed by atoms with Crippen LogP contribution in [0.1, 0.15) is 23.1 Å². The van der Waals surface area contributed by atoms with Crippen LogP contribution in [0.25, 0.3) is 0 Å². The summed E-state index contributed by atoms with van der Waals surface area (Å²) in [4.78, 5) is 29.5. The first-order valence-electron chi connectivity index (χ1n) is 10.7. The molecule has 0 spiro atoms. The van der Waals surface area contributed by atoms with Gasteiger partial charge in [-0.05, 0) is 54.3 Å². The van der Waals surface area contributed by atoms with Gasteiger partial charge in [-0.15, -0.1) is 0 Å². The smallest absolute Gasteiger partial charge is 0.324 e. The van der Waals surface area contributed by atoms with Gasteiger partial charge in [-0.2, -0.15) is 0 Å². The number of halogens is 1. The number of urea groups is 1. The summed E-state index contributed by atoms with van der Waals surface area (Å²) >= 11 is 0. The minimum absolute atomic E-state index is 0.0713. The molecule has 1 fully saturated rings. The van der Waals surface area contributed by atoms with Crippen LogP contribution in [0.15, 0.2) is 72.8 Å². The molecule has 5 nitrogen and oxygen atoms in total. The third kappa shape index (κ3) is 5.14. The molecule has 3 aromatic rings. The molecule has 0 bridgehead atoms. The van der Waals surface area contributed by atoms with E-state index in [0.717, 1.165) is 23.1 Å². The predicted molar refractivity (Wildman–Crippen MR) is 124 cm³/mol. The van der Waals surface area contributed by atoms with E-state index in [2.05, 4.69) is 5.32 Å². The van der Waals surface area contributed by atoms with Gasteiger partial charge in [-0.25, -0.2) is 9.18 Å². The van der Waals surface area contributed by atoms with Crippen molar-refractivity contribution in [3.05, 3.63) is 95.3 Å². The van der Waals surface area contributed by atoms with E-state index in [0.29, 0.717) is 31.0 Å². The Morgan fingerprint density at radius 2 is 1.72 bits per heavy atom. The Kier molecular flexibility index (Phi) is 6.50. The van der Waals surface area contributed by atoms with E-state index < -0.39 is 0 Å². The number of carbonyl (C=O) groups is 2. The van der Waals surface area contributed by atoms with Crippen molar-refractivity contribution in [3.8, 4) is 0 Å². The van der Waals surface area contributed by atoms with Crippen LogP contribution >= 0.6 is 0 Å². The molecule has 1 N–H and O–H groups in total. The monoisotopic (exact) mass is 431 g/mol. The van der Waals surface area contributed by atoms with Gasteiger partial charge in [0.2, 0.25) is 5.91 Å². The second-order valence-electron chi connectivity index (χ2n) is 8.07. The first-order valence-corrected chi connectivity index (χ1v) is 10.7. The number of benzene rings is 3. The lowest BCUT2D eigenvalue weighted by Crippen LogP contribution is -2.49. The maximum Gasteiger partial charge on any atom is 0.324 e. The maximum atomic E-state index is 13.3. The molecular weight excluding hydrogens is 405 g/mol. The molecule has 0 aromatic heterocycles. The molecule has 0 atom stereocenters. The highest BCUT2D eigenvalue weighted by Crippen LogP contribution is 2.30. The van der Waals surface area contributed by atoms with Crippen molar-refractivity contribution in [2.45, 2.75) is 26.3 Å². The normalized spacial score (nSPS) is 13.9. The van der Waals surface area contributed by atoms with Gasteiger partial charge in [0.05, 0.1) is 17.8 Å². The van der Waals surface area contributed by atoms with Crippen molar-refractivity contribution >= 4 is 23.3 Å². The van der Waals surface area contributed by atoms with Crippen molar-refractivity contribution in [2.24, 2.45) is 0 Å². The van der Waals surface area contributed by atoms with Gasteiger partial charge < -0.3 is 10.2 Å². The van der Waals surface area contributed by atoms with Crippen LogP contribution in [-0.2, 0) is 17.8 Å². The average Bonchev–Trinajstić information content (AvgIpc) is 2.78. The SMILES string of the molecule is Cc1ccc(N2CCCN(Cc3ccccc3)C2=O)c(NC(=O)Cc2ccc(F)cc2)c1. The first kappa shape index (κ1) is 21.6. The van der Waals surface area contributed by atoms with Gasteiger partial charge >= 0.3 is 6.03 Å². The van der Waals surface area contributed by atoms with E-state index in [1.54, 1.807) is 17.0 Å². The van der Waals surface area contributed by atoms with Gasteiger partial charge in [0.25, 0.3) is 0 Å². The lowest BCUT2D eigenvalue weighted by Gasteiger charge is -2.36. The highest BCUT2D eigenvalue weighted by molar-refractivity contribution is 6.01. The fourth-order valence-corrected chi connectivity index (χ4v) is 3.92. The highest BCUT2D eigenvalue weighted by Gasteiger charge is 2.28. The number of carbonyl (C=O) groups excluding carboxylic acids is 2.